The quantitative estimate of drug-likeness (QED) is 0.540. The van der Waals surface area contributed by atoms with Crippen LogP contribution in [-0.2, 0) is 16.6 Å². The number of sulfonamides is 1. The van der Waals surface area contributed by atoms with Gasteiger partial charge in [0, 0.05) is 37.3 Å². The Bertz CT molecular complexity index is 1200. The topological polar surface area (TPSA) is 88.6 Å². The van der Waals surface area contributed by atoms with Crippen LogP contribution in [-0.4, -0.2) is 48.2 Å². The average molecular weight is 494 g/mol. The SMILES string of the molecule is O=C(NCc1ccc(Oc2cccnc2)c(F)c1)c1sccc1S(=O)(=O)N1CCSCC1. The van der Waals surface area contributed by atoms with Gasteiger partial charge < -0.3 is 10.1 Å². The first kappa shape index (κ1) is 22.7. The van der Waals surface area contributed by atoms with E-state index in [1.165, 1.54) is 28.7 Å². The summed E-state index contributed by atoms with van der Waals surface area (Å²) in [5, 5.41) is 4.27. The van der Waals surface area contributed by atoms with Gasteiger partial charge in [0.2, 0.25) is 10.0 Å². The summed E-state index contributed by atoms with van der Waals surface area (Å²) in [5.74, 6) is 0.822. The molecular weight excluding hydrogens is 473 g/mol. The summed E-state index contributed by atoms with van der Waals surface area (Å²) in [6.07, 6.45) is 3.06. The zero-order valence-electron chi connectivity index (χ0n) is 16.9. The van der Waals surface area contributed by atoms with E-state index < -0.39 is 21.7 Å². The fourth-order valence-corrected chi connectivity index (χ4v) is 7.02. The zero-order valence-corrected chi connectivity index (χ0v) is 19.3. The van der Waals surface area contributed by atoms with Crippen molar-refractivity contribution < 1.29 is 22.3 Å². The average Bonchev–Trinajstić information content (AvgIpc) is 3.31. The maximum absolute atomic E-state index is 14.4. The lowest BCUT2D eigenvalue weighted by atomic mass is 10.2. The van der Waals surface area contributed by atoms with Crippen LogP contribution in [0.5, 0.6) is 11.5 Å². The molecule has 1 aliphatic heterocycles. The van der Waals surface area contributed by atoms with Crippen LogP contribution in [0.15, 0.2) is 59.1 Å². The number of carbonyl (C=O) groups excluding carboxylic acids is 1. The maximum Gasteiger partial charge on any atom is 0.263 e. The molecule has 1 aliphatic rings. The molecule has 7 nitrogen and oxygen atoms in total. The normalized spacial score (nSPS) is 14.8. The number of nitrogens with zero attached hydrogens (tertiary/aromatic N) is 2. The number of amides is 1. The van der Waals surface area contributed by atoms with Crippen molar-refractivity contribution >= 4 is 39.0 Å². The minimum absolute atomic E-state index is 0.0123. The van der Waals surface area contributed by atoms with E-state index >= 15 is 0 Å². The Morgan fingerprint density at radius 2 is 2.03 bits per heavy atom. The van der Waals surface area contributed by atoms with Crippen LogP contribution in [0.2, 0.25) is 0 Å². The standard InChI is InChI=1S/C21H20FN3O4S3/c22-17-12-15(3-4-18(17)29-16-2-1-6-23-14-16)13-24-21(26)20-19(5-9-31-20)32(27,28)25-7-10-30-11-8-25/h1-6,9,12,14H,7-8,10-11,13H2,(H,24,26). The molecular formula is C21H20FN3O4S3. The second-order valence-electron chi connectivity index (χ2n) is 6.87. The third-order valence-corrected chi connectivity index (χ3v) is 8.66. The highest BCUT2D eigenvalue weighted by Crippen LogP contribution is 2.28. The fourth-order valence-electron chi connectivity index (χ4n) is 3.13. The van der Waals surface area contributed by atoms with Gasteiger partial charge in [0.15, 0.2) is 11.6 Å². The van der Waals surface area contributed by atoms with E-state index in [9.17, 15) is 17.6 Å². The van der Waals surface area contributed by atoms with Crippen molar-refractivity contribution in [2.45, 2.75) is 11.4 Å². The van der Waals surface area contributed by atoms with Crippen LogP contribution in [0.3, 0.4) is 0 Å². The molecule has 1 N–H and O–H groups in total. The third-order valence-electron chi connectivity index (χ3n) is 4.73. The van der Waals surface area contributed by atoms with Gasteiger partial charge in [0.05, 0.1) is 6.20 Å². The molecule has 11 heteroatoms. The molecule has 0 saturated carbocycles. The van der Waals surface area contributed by atoms with Gasteiger partial charge in [0.25, 0.3) is 5.91 Å². The number of halogens is 1. The predicted molar refractivity (Wildman–Crippen MR) is 122 cm³/mol. The number of thioether (sulfide) groups is 1. The summed E-state index contributed by atoms with van der Waals surface area (Å²) in [6, 6.07) is 9.17. The number of aromatic nitrogens is 1. The second kappa shape index (κ2) is 9.99. The van der Waals surface area contributed by atoms with E-state index in [2.05, 4.69) is 10.3 Å². The van der Waals surface area contributed by atoms with E-state index in [0.29, 0.717) is 24.4 Å². The molecule has 2 aromatic heterocycles. The number of pyridine rings is 1. The van der Waals surface area contributed by atoms with Gasteiger partial charge in [-0.3, -0.25) is 9.78 Å². The first-order valence-corrected chi connectivity index (χ1v) is 13.2. The largest absolute Gasteiger partial charge is 0.453 e. The summed E-state index contributed by atoms with van der Waals surface area (Å²) in [7, 11) is -3.73. The smallest absolute Gasteiger partial charge is 0.263 e. The Kier molecular flexibility index (Phi) is 7.09. The van der Waals surface area contributed by atoms with Gasteiger partial charge in [-0.1, -0.05) is 6.07 Å². The number of carbonyl (C=O) groups is 1. The van der Waals surface area contributed by atoms with Gasteiger partial charge in [-0.2, -0.15) is 16.1 Å². The van der Waals surface area contributed by atoms with Gasteiger partial charge in [0.1, 0.15) is 15.5 Å². The van der Waals surface area contributed by atoms with E-state index in [4.69, 9.17) is 4.74 Å². The van der Waals surface area contributed by atoms with Gasteiger partial charge in [-0.15, -0.1) is 11.3 Å². The number of ether oxygens (including phenoxy) is 1. The molecule has 1 aromatic carbocycles. The van der Waals surface area contributed by atoms with Gasteiger partial charge in [-0.25, -0.2) is 12.8 Å². The predicted octanol–water partition coefficient (Wildman–Crippen LogP) is 3.74. The third kappa shape index (κ3) is 5.12. The van der Waals surface area contributed by atoms with Crippen LogP contribution in [0.4, 0.5) is 4.39 Å². The zero-order chi connectivity index (χ0) is 22.6. The molecule has 0 bridgehead atoms. The lowest BCUT2D eigenvalue weighted by Crippen LogP contribution is -2.38. The number of hydrogen-bond acceptors (Lipinski definition) is 7. The lowest BCUT2D eigenvalue weighted by Gasteiger charge is -2.25. The first-order chi connectivity index (χ1) is 15.4. The maximum atomic E-state index is 14.4. The molecule has 1 amide bonds. The Labute approximate surface area is 193 Å². The Balaban J connectivity index is 1.42. The van der Waals surface area contributed by atoms with Crippen LogP contribution in [0.25, 0.3) is 0 Å². The molecule has 1 fully saturated rings. The van der Waals surface area contributed by atoms with Crippen LogP contribution in [0, 0.1) is 5.82 Å². The summed E-state index contributed by atoms with van der Waals surface area (Å²) in [6.45, 7) is 0.897. The molecule has 3 aromatic rings. The minimum Gasteiger partial charge on any atom is -0.453 e. The molecule has 0 unspecified atom stereocenters. The molecule has 0 atom stereocenters. The Hall–Kier alpha value is -2.47. The second-order valence-corrected chi connectivity index (χ2v) is 10.9. The van der Waals surface area contributed by atoms with Crippen molar-refractivity contribution in [1.82, 2.24) is 14.6 Å². The summed E-state index contributed by atoms with van der Waals surface area (Å²) in [5.41, 5.74) is 0.517. The molecule has 0 radical (unpaired) electrons. The molecule has 168 valence electrons. The van der Waals surface area contributed by atoms with Crippen molar-refractivity contribution in [3.8, 4) is 11.5 Å². The molecule has 4 rings (SSSR count). The summed E-state index contributed by atoms with van der Waals surface area (Å²) >= 11 is 2.77. The van der Waals surface area contributed by atoms with Crippen LogP contribution >= 0.6 is 23.1 Å². The van der Waals surface area contributed by atoms with Crippen molar-refractivity contribution in [2.24, 2.45) is 0 Å². The number of nitrogens with one attached hydrogen (secondary N) is 1. The van der Waals surface area contributed by atoms with E-state index in [1.807, 2.05) is 0 Å². The van der Waals surface area contributed by atoms with Crippen molar-refractivity contribution in [2.75, 3.05) is 24.6 Å². The van der Waals surface area contributed by atoms with Crippen LogP contribution in [0.1, 0.15) is 15.2 Å². The number of benzene rings is 1. The van der Waals surface area contributed by atoms with E-state index in [-0.39, 0.29) is 22.1 Å². The molecule has 32 heavy (non-hydrogen) atoms. The Morgan fingerprint density at radius 1 is 1.22 bits per heavy atom. The van der Waals surface area contributed by atoms with Gasteiger partial charge >= 0.3 is 0 Å². The van der Waals surface area contributed by atoms with Crippen molar-refractivity contribution in [3.63, 3.8) is 0 Å². The van der Waals surface area contributed by atoms with E-state index in [0.717, 1.165) is 22.8 Å². The molecule has 3 heterocycles. The van der Waals surface area contributed by atoms with Crippen molar-refractivity contribution in [1.29, 1.82) is 0 Å². The highest BCUT2D eigenvalue weighted by Gasteiger charge is 2.31. The van der Waals surface area contributed by atoms with Crippen LogP contribution < -0.4 is 10.1 Å². The molecule has 1 saturated heterocycles. The number of rotatable bonds is 7. The molecule has 0 spiro atoms. The van der Waals surface area contributed by atoms with Crippen molar-refractivity contribution in [3.05, 3.63) is 70.4 Å². The van der Waals surface area contributed by atoms with Gasteiger partial charge in [-0.05, 0) is 41.3 Å². The summed E-state index contributed by atoms with van der Waals surface area (Å²) < 4.78 is 47.2. The lowest BCUT2D eigenvalue weighted by molar-refractivity contribution is 0.0951. The monoisotopic (exact) mass is 493 g/mol. The minimum atomic E-state index is -3.73. The first-order valence-electron chi connectivity index (χ1n) is 9.75. The highest BCUT2D eigenvalue weighted by molar-refractivity contribution is 7.99. The fraction of sp³-hybridized carbons (Fsp3) is 0.238. The number of thiophene rings is 1. The number of hydrogen-bond donors (Lipinski definition) is 1. The van der Waals surface area contributed by atoms with E-state index in [1.54, 1.807) is 41.5 Å². The summed E-state index contributed by atoms with van der Waals surface area (Å²) in [4.78, 5) is 16.8. The highest BCUT2D eigenvalue weighted by atomic mass is 32.2. The Morgan fingerprint density at radius 3 is 2.75 bits per heavy atom. The molecule has 0 aliphatic carbocycles.